The lowest BCUT2D eigenvalue weighted by Gasteiger charge is -2.16. The van der Waals surface area contributed by atoms with E-state index in [4.69, 9.17) is 4.74 Å². The van der Waals surface area contributed by atoms with E-state index in [1.807, 2.05) is 45.9 Å². The summed E-state index contributed by atoms with van der Waals surface area (Å²) in [6, 6.07) is 18.1. The number of imide groups is 1. The number of ether oxygens (including phenoxy) is 1. The Hall–Kier alpha value is -3.93. The van der Waals surface area contributed by atoms with Crippen LogP contribution in [0.5, 0.6) is 5.75 Å². The average Bonchev–Trinajstić information content (AvgIpc) is 3.02. The van der Waals surface area contributed by atoms with Crippen LogP contribution in [-0.4, -0.2) is 17.9 Å². The molecule has 1 aliphatic rings. The third-order valence-corrected chi connectivity index (χ3v) is 5.55. The molecule has 6 heteroatoms. The first-order chi connectivity index (χ1) is 15.8. The topological polar surface area (TPSA) is 58.6 Å². The number of carbonyl (C=O) groups excluding carboxylic acids is 2. The van der Waals surface area contributed by atoms with E-state index >= 15 is 0 Å². The number of nitrogens with zero attached hydrogens (tertiary/aromatic N) is 1. The van der Waals surface area contributed by atoms with Gasteiger partial charge in [-0.15, -0.1) is 0 Å². The van der Waals surface area contributed by atoms with Gasteiger partial charge in [-0.1, -0.05) is 24.3 Å². The van der Waals surface area contributed by atoms with Crippen molar-refractivity contribution in [2.45, 2.75) is 33.8 Å². The molecule has 0 saturated heterocycles. The van der Waals surface area contributed by atoms with Gasteiger partial charge in [-0.25, -0.2) is 9.29 Å². The second-order valence-electron chi connectivity index (χ2n) is 8.24. The predicted octanol–water partition coefficient (Wildman–Crippen LogP) is 5.63. The lowest BCUT2D eigenvalue weighted by molar-refractivity contribution is -0.120. The van der Waals surface area contributed by atoms with Gasteiger partial charge in [0.25, 0.3) is 11.8 Å². The minimum absolute atomic E-state index is 0.0141. The van der Waals surface area contributed by atoms with Crippen LogP contribution in [0.1, 0.15) is 30.5 Å². The molecule has 0 bridgehead atoms. The minimum Gasteiger partial charge on any atom is -0.491 e. The second-order valence-corrected chi connectivity index (χ2v) is 8.24. The maximum atomic E-state index is 13.5. The van der Waals surface area contributed by atoms with Crippen LogP contribution in [0.15, 0.2) is 72.4 Å². The Morgan fingerprint density at radius 3 is 2.18 bits per heavy atom. The summed E-state index contributed by atoms with van der Waals surface area (Å²) in [5, 5.41) is 3.20. The van der Waals surface area contributed by atoms with Crippen LogP contribution in [0, 0.1) is 19.7 Å². The van der Waals surface area contributed by atoms with Crippen molar-refractivity contribution in [1.82, 2.24) is 0 Å². The van der Waals surface area contributed by atoms with Gasteiger partial charge in [0, 0.05) is 5.69 Å². The molecule has 3 aromatic rings. The number of carbonyl (C=O) groups is 2. The van der Waals surface area contributed by atoms with Gasteiger partial charge in [0.05, 0.1) is 17.4 Å². The SMILES string of the molecule is Cc1cccc(NC2=C(c3ccc(OC(C)C)cc3)C(=O)N(c3ccc(F)cc3)C2=O)c1C. The van der Waals surface area contributed by atoms with Gasteiger partial charge in [0.1, 0.15) is 17.3 Å². The van der Waals surface area contributed by atoms with Gasteiger partial charge in [-0.05, 0) is 86.8 Å². The molecule has 0 saturated carbocycles. The van der Waals surface area contributed by atoms with Crippen molar-refractivity contribution in [3.05, 3.63) is 94.9 Å². The number of hydrogen-bond acceptors (Lipinski definition) is 4. The molecular weight excluding hydrogens is 419 g/mol. The maximum Gasteiger partial charge on any atom is 0.282 e. The second kappa shape index (κ2) is 8.90. The molecule has 3 aromatic carbocycles. The zero-order chi connectivity index (χ0) is 23.7. The Morgan fingerprint density at radius 2 is 1.55 bits per heavy atom. The van der Waals surface area contributed by atoms with E-state index in [9.17, 15) is 14.0 Å². The molecule has 0 aliphatic carbocycles. The molecule has 0 radical (unpaired) electrons. The Kier molecular flexibility index (Phi) is 6.01. The number of hydrogen-bond donors (Lipinski definition) is 1. The van der Waals surface area contributed by atoms with Gasteiger partial charge < -0.3 is 10.1 Å². The number of benzene rings is 3. The maximum absolute atomic E-state index is 13.5. The van der Waals surface area contributed by atoms with Crippen molar-refractivity contribution in [1.29, 1.82) is 0 Å². The monoisotopic (exact) mass is 444 g/mol. The van der Waals surface area contributed by atoms with Crippen LogP contribution in [0.4, 0.5) is 15.8 Å². The Balaban J connectivity index is 1.80. The highest BCUT2D eigenvalue weighted by molar-refractivity contribution is 6.46. The molecule has 2 amide bonds. The minimum atomic E-state index is -0.495. The van der Waals surface area contributed by atoms with E-state index in [1.165, 1.54) is 24.3 Å². The highest BCUT2D eigenvalue weighted by atomic mass is 19.1. The van der Waals surface area contributed by atoms with Crippen molar-refractivity contribution < 1.29 is 18.7 Å². The first kappa shape index (κ1) is 22.3. The summed E-state index contributed by atoms with van der Waals surface area (Å²) < 4.78 is 19.2. The van der Waals surface area contributed by atoms with Crippen molar-refractivity contribution in [3.63, 3.8) is 0 Å². The van der Waals surface area contributed by atoms with E-state index in [1.54, 1.807) is 24.3 Å². The molecular formula is C27H25FN2O3. The molecule has 33 heavy (non-hydrogen) atoms. The van der Waals surface area contributed by atoms with Crippen molar-refractivity contribution in [2.75, 3.05) is 10.2 Å². The van der Waals surface area contributed by atoms with Gasteiger partial charge >= 0.3 is 0 Å². The Morgan fingerprint density at radius 1 is 0.879 bits per heavy atom. The standard InChI is InChI=1S/C27H25FN2O3/c1-16(2)33-22-14-8-19(9-15-22)24-25(29-23-7-5-6-17(3)18(23)4)27(32)30(26(24)31)21-12-10-20(28)11-13-21/h5-16,29H,1-4H3. The molecule has 0 fully saturated rings. The molecule has 0 spiro atoms. The molecule has 4 rings (SSSR count). The number of anilines is 2. The highest BCUT2D eigenvalue weighted by Gasteiger charge is 2.40. The number of rotatable bonds is 6. The van der Waals surface area contributed by atoms with E-state index < -0.39 is 17.6 Å². The third-order valence-electron chi connectivity index (χ3n) is 5.55. The molecule has 0 aromatic heterocycles. The van der Waals surface area contributed by atoms with Crippen molar-refractivity contribution >= 4 is 28.8 Å². The van der Waals surface area contributed by atoms with Gasteiger partial charge in [-0.3, -0.25) is 9.59 Å². The quantitative estimate of drug-likeness (QED) is 0.501. The van der Waals surface area contributed by atoms with E-state index in [-0.39, 0.29) is 17.4 Å². The fraction of sp³-hybridized carbons (Fsp3) is 0.185. The molecule has 0 atom stereocenters. The number of halogens is 1. The molecule has 1 heterocycles. The Labute approximate surface area is 192 Å². The fourth-order valence-corrected chi connectivity index (χ4v) is 3.73. The summed E-state index contributed by atoms with van der Waals surface area (Å²) in [5.74, 6) is -0.743. The van der Waals surface area contributed by atoms with Crippen LogP contribution < -0.4 is 15.0 Å². The Bertz CT molecular complexity index is 1250. The summed E-state index contributed by atoms with van der Waals surface area (Å²) in [7, 11) is 0. The third kappa shape index (κ3) is 4.37. The molecule has 0 unspecified atom stereocenters. The smallest absolute Gasteiger partial charge is 0.282 e. The normalized spacial score (nSPS) is 13.8. The summed E-state index contributed by atoms with van der Waals surface area (Å²) in [6.07, 6.45) is 0.0141. The lowest BCUT2D eigenvalue weighted by Crippen LogP contribution is -2.32. The molecule has 168 valence electrons. The predicted molar refractivity (Wildman–Crippen MR) is 128 cm³/mol. The van der Waals surface area contributed by atoms with Gasteiger partial charge in [0.2, 0.25) is 0 Å². The lowest BCUT2D eigenvalue weighted by atomic mass is 10.0. The van der Waals surface area contributed by atoms with Gasteiger partial charge in [-0.2, -0.15) is 0 Å². The zero-order valence-corrected chi connectivity index (χ0v) is 19.0. The zero-order valence-electron chi connectivity index (χ0n) is 19.0. The van der Waals surface area contributed by atoms with E-state index in [2.05, 4.69) is 5.32 Å². The largest absolute Gasteiger partial charge is 0.491 e. The number of aryl methyl sites for hydroxylation is 1. The summed E-state index contributed by atoms with van der Waals surface area (Å²) in [5.41, 5.74) is 4.10. The van der Waals surface area contributed by atoms with Crippen LogP contribution >= 0.6 is 0 Å². The molecule has 1 N–H and O–H groups in total. The van der Waals surface area contributed by atoms with Crippen molar-refractivity contribution in [3.8, 4) is 5.75 Å². The summed E-state index contributed by atoms with van der Waals surface area (Å²) in [4.78, 5) is 28.0. The molecule has 1 aliphatic heterocycles. The van der Waals surface area contributed by atoms with Crippen LogP contribution in [-0.2, 0) is 9.59 Å². The van der Waals surface area contributed by atoms with Crippen LogP contribution in [0.2, 0.25) is 0 Å². The number of nitrogens with one attached hydrogen (secondary N) is 1. The average molecular weight is 445 g/mol. The van der Waals surface area contributed by atoms with Crippen molar-refractivity contribution in [2.24, 2.45) is 0 Å². The van der Waals surface area contributed by atoms with Gasteiger partial charge in [0.15, 0.2) is 0 Å². The first-order valence-electron chi connectivity index (χ1n) is 10.7. The van der Waals surface area contributed by atoms with E-state index in [0.29, 0.717) is 17.0 Å². The highest BCUT2D eigenvalue weighted by Crippen LogP contribution is 2.35. The van der Waals surface area contributed by atoms with E-state index in [0.717, 1.165) is 21.7 Å². The number of amides is 2. The molecule has 5 nitrogen and oxygen atoms in total. The fourth-order valence-electron chi connectivity index (χ4n) is 3.73. The first-order valence-corrected chi connectivity index (χ1v) is 10.7. The summed E-state index contributed by atoms with van der Waals surface area (Å²) >= 11 is 0. The summed E-state index contributed by atoms with van der Waals surface area (Å²) in [6.45, 7) is 7.80. The van der Waals surface area contributed by atoms with Crippen LogP contribution in [0.25, 0.3) is 5.57 Å². The van der Waals surface area contributed by atoms with Crippen LogP contribution in [0.3, 0.4) is 0 Å².